The van der Waals surface area contributed by atoms with E-state index in [0.29, 0.717) is 11.4 Å². The zero-order valence-electron chi connectivity index (χ0n) is 10.3. The average molecular weight is 321 g/mol. The molecule has 0 saturated heterocycles. The zero-order valence-corrected chi connectivity index (χ0v) is 11.9. The van der Waals surface area contributed by atoms with E-state index in [4.69, 9.17) is 5.73 Å². The second-order valence-electron chi connectivity index (χ2n) is 4.12. The Labute approximate surface area is 119 Å². The molecule has 4 nitrogen and oxygen atoms in total. The van der Waals surface area contributed by atoms with Gasteiger partial charge >= 0.3 is 0 Å². The highest BCUT2D eigenvalue weighted by atomic mass is 79.9. The van der Waals surface area contributed by atoms with Crippen molar-refractivity contribution in [1.82, 2.24) is 0 Å². The van der Waals surface area contributed by atoms with Gasteiger partial charge in [0.2, 0.25) is 0 Å². The van der Waals surface area contributed by atoms with Gasteiger partial charge in [-0.2, -0.15) is 0 Å². The van der Waals surface area contributed by atoms with Gasteiger partial charge in [-0.05, 0) is 36.4 Å². The number of carbonyl (C=O) groups is 1. The summed E-state index contributed by atoms with van der Waals surface area (Å²) in [6, 6.07) is 11.7. The van der Waals surface area contributed by atoms with Gasteiger partial charge < -0.3 is 15.7 Å². The molecule has 2 aromatic carbocycles. The fourth-order valence-electron chi connectivity index (χ4n) is 1.71. The summed E-state index contributed by atoms with van der Waals surface area (Å²) in [5, 5.41) is 9.76. The summed E-state index contributed by atoms with van der Waals surface area (Å²) in [6.45, 7) is 0. The number of nitrogens with zero attached hydrogens (tertiary/aromatic N) is 1. The van der Waals surface area contributed by atoms with Crippen LogP contribution in [0.4, 0.5) is 11.4 Å². The number of aromatic hydroxyl groups is 1. The molecule has 0 atom stereocenters. The first-order chi connectivity index (χ1) is 8.99. The van der Waals surface area contributed by atoms with Crippen LogP contribution in [0, 0.1) is 0 Å². The topological polar surface area (TPSA) is 66.6 Å². The molecule has 2 aromatic rings. The van der Waals surface area contributed by atoms with Crippen molar-refractivity contribution in [2.24, 2.45) is 0 Å². The van der Waals surface area contributed by atoms with Crippen molar-refractivity contribution < 1.29 is 9.90 Å². The molecule has 0 fully saturated rings. The van der Waals surface area contributed by atoms with Crippen LogP contribution in [0.15, 0.2) is 46.9 Å². The third kappa shape index (κ3) is 2.88. The van der Waals surface area contributed by atoms with Gasteiger partial charge in [0.15, 0.2) is 0 Å². The molecule has 0 aliphatic rings. The van der Waals surface area contributed by atoms with E-state index in [1.165, 1.54) is 11.0 Å². The Morgan fingerprint density at radius 3 is 2.68 bits per heavy atom. The van der Waals surface area contributed by atoms with Gasteiger partial charge in [-0.25, -0.2) is 0 Å². The largest absolute Gasteiger partial charge is 0.507 e. The maximum Gasteiger partial charge on any atom is 0.261 e. The number of phenols is 1. The van der Waals surface area contributed by atoms with E-state index < -0.39 is 0 Å². The molecule has 0 aliphatic heterocycles. The normalized spacial score (nSPS) is 10.2. The number of hydrogen-bond acceptors (Lipinski definition) is 3. The maximum atomic E-state index is 12.3. The molecule has 3 N–H and O–H groups in total. The Morgan fingerprint density at radius 2 is 2.00 bits per heavy atom. The van der Waals surface area contributed by atoms with Crippen LogP contribution in [0.25, 0.3) is 0 Å². The highest BCUT2D eigenvalue weighted by Crippen LogP contribution is 2.25. The van der Waals surface area contributed by atoms with E-state index in [9.17, 15) is 9.90 Å². The minimum Gasteiger partial charge on any atom is -0.507 e. The number of nitrogens with two attached hydrogens (primary N) is 1. The zero-order chi connectivity index (χ0) is 14.0. The van der Waals surface area contributed by atoms with Gasteiger partial charge in [0.25, 0.3) is 5.91 Å². The standard InChI is InChI=1S/C14H13BrN2O2/c1-17(11-4-2-3-10(16)8-11)14(19)12-7-9(15)5-6-13(12)18/h2-8,18H,16H2,1H3. The van der Waals surface area contributed by atoms with Crippen LogP contribution in [-0.4, -0.2) is 18.1 Å². The van der Waals surface area contributed by atoms with Gasteiger partial charge in [-0.1, -0.05) is 22.0 Å². The molecule has 0 aliphatic carbocycles. The Morgan fingerprint density at radius 1 is 1.26 bits per heavy atom. The second-order valence-corrected chi connectivity index (χ2v) is 5.04. The SMILES string of the molecule is CN(C(=O)c1cc(Br)ccc1O)c1cccc(N)c1. The van der Waals surface area contributed by atoms with Crippen molar-refractivity contribution in [2.45, 2.75) is 0 Å². The quantitative estimate of drug-likeness (QED) is 0.836. The highest BCUT2D eigenvalue weighted by molar-refractivity contribution is 9.10. The third-order valence-electron chi connectivity index (χ3n) is 2.75. The lowest BCUT2D eigenvalue weighted by Gasteiger charge is -2.18. The van der Waals surface area contributed by atoms with Gasteiger partial charge in [0.05, 0.1) is 5.56 Å². The molecule has 0 radical (unpaired) electrons. The Balaban J connectivity index is 2.36. The van der Waals surface area contributed by atoms with Crippen molar-refractivity contribution in [1.29, 1.82) is 0 Å². The van der Waals surface area contributed by atoms with Gasteiger partial charge in [0.1, 0.15) is 5.75 Å². The lowest BCUT2D eigenvalue weighted by molar-refractivity contribution is 0.0990. The van der Waals surface area contributed by atoms with E-state index >= 15 is 0 Å². The lowest BCUT2D eigenvalue weighted by Crippen LogP contribution is -2.26. The number of rotatable bonds is 2. The molecule has 2 rings (SSSR count). The summed E-state index contributed by atoms with van der Waals surface area (Å²) < 4.78 is 0.731. The van der Waals surface area contributed by atoms with Crippen LogP contribution in [0.2, 0.25) is 0 Å². The molecular weight excluding hydrogens is 308 g/mol. The van der Waals surface area contributed by atoms with Gasteiger partial charge in [0, 0.05) is 22.9 Å². The summed E-state index contributed by atoms with van der Waals surface area (Å²) in [6.07, 6.45) is 0. The van der Waals surface area contributed by atoms with E-state index in [1.54, 1.807) is 43.4 Å². The predicted octanol–water partition coefficient (Wildman–Crippen LogP) is 3.01. The minimum atomic E-state index is -0.301. The molecule has 0 heterocycles. The molecule has 98 valence electrons. The van der Waals surface area contributed by atoms with Crippen LogP contribution in [0.1, 0.15) is 10.4 Å². The number of benzene rings is 2. The summed E-state index contributed by atoms with van der Waals surface area (Å²) in [5.74, 6) is -0.353. The Hall–Kier alpha value is -2.01. The minimum absolute atomic E-state index is 0.0519. The predicted molar refractivity (Wildman–Crippen MR) is 79.4 cm³/mol. The monoisotopic (exact) mass is 320 g/mol. The van der Waals surface area contributed by atoms with Crippen molar-refractivity contribution in [3.63, 3.8) is 0 Å². The highest BCUT2D eigenvalue weighted by Gasteiger charge is 2.17. The van der Waals surface area contributed by atoms with Crippen molar-refractivity contribution in [2.75, 3.05) is 17.7 Å². The van der Waals surface area contributed by atoms with Gasteiger partial charge in [-0.15, -0.1) is 0 Å². The van der Waals surface area contributed by atoms with Crippen molar-refractivity contribution in [3.05, 3.63) is 52.5 Å². The number of anilines is 2. The lowest BCUT2D eigenvalue weighted by atomic mass is 10.1. The first-order valence-corrected chi connectivity index (χ1v) is 6.40. The second kappa shape index (κ2) is 5.32. The van der Waals surface area contributed by atoms with E-state index in [-0.39, 0.29) is 17.2 Å². The molecule has 0 saturated carbocycles. The van der Waals surface area contributed by atoms with Crippen LogP contribution in [0.5, 0.6) is 5.75 Å². The number of carbonyl (C=O) groups excluding carboxylic acids is 1. The van der Waals surface area contributed by atoms with E-state index in [2.05, 4.69) is 15.9 Å². The third-order valence-corrected chi connectivity index (χ3v) is 3.24. The molecule has 0 bridgehead atoms. The first-order valence-electron chi connectivity index (χ1n) is 5.61. The number of hydrogen-bond donors (Lipinski definition) is 2. The molecule has 0 aromatic heterocycles. The molecule has 19 heavy (non-hydrogen) atoms. The fraction of sp³-hybridized carbons (Fsp3) is 0.0714. The summed E-state index contributed by atoms with van der Waals surface area (Å²) in [7, 11) is 1.64. The Kier molecular flexibility index (Phi) is 3.76. The molecule has 0 unspecified atom stereocenters. The molecule has 1 amide bonds. The van der Waals surface area contributed by atoms with E-state index in [0.717, 1.165) is 4.47 Å². The molecule has 0 spiro atoms. The molecule has 5 heteroatoms. The number of nitrogen functional groups attached to an aromatic ring is 1. The van der Waals surface area contributed by atoms with Crippen LogP contribution < -0.4 is 10.6 Å². The molecular formula is C14H13BrN2O2. The van der Waals surface area contributed by atoms with Crippen LogP contribution >= 0.6 is 15.9 Å². The van der Waals surface area contributed by atoms with Crippen LogP contribution in [0.3, 0.4) is 0 Å². The van der Waals surface area contributed by atoms with Crippen molar-refractivity contribution in [3.8, 4) is 5.75 Å². The number of halogens is 1. The van der Waals surface area contributed by atoms with Gasteiger partial charge in [-0.3, -0.25) is 4.79 Å². The number of phenolic OH excluding ortho intramolecular Hbond substituents is 1. The summed E-state index contributed by atoms with van der Waals surface area (Å²) >= 11 is 3.28. The maximum absolute atomic E-state index is 12.3. The van der Waals surface area contributed by atoms with Crippen LogP contribution in [-0.2, 0) is 0 Å². The summed E-state index contributed by atoms with van der Waals surface area (Å²) in [5.41, 5.74) is 7.18. The first kappa shape index (κ1) is 13.4. The van der Waals surface area contributed by atoms with Crippen molar-refractivity contribution >= 4 is 33.2 Å². The van der Waals surface area contributed by atoms with E-state index in [1.807, 2.05) is 0 Å². The Bertz CT molecular complexity index is 629. The smallest absolute Gasteiger partial charge is 0.261 e. The average Bonchev–Trinajstić information content (AvgIpc) is 2.40. The number of amides is 1. The fourth-order valence-corrected chi connectivity index (χ4v) is 2.07. The summed E-state index contributed by atoms with van der Waals surface area (Å²) in [4.78, 5) is 13.8.